The summed E-state index contributed by atoms with van der Waals surface area (Å²) < 4.78 is 5.07. The predicted molar refractivity (Wildman–Crippen MR) is 62.1 cm³/mol. The third kappa shape index (κ3) is 5.04. The molecule has 1 aromatic rings. The van der Waals surface area contributed by atoms with Crippen LogP contribution in [0.15, 0.2) is 0 Å². The molecule has 0 saturated heterocycles. The van der Waals surface area contributed by atoms with E-state index in [1.807, 2.05) is 6.92 Å². The van der Waals surface area contributed by atoms with E-state index in [0.717, 1.165) is 5.01 Å². The van der Waals surface area contributed by atoms with Crippen molar-refractivity contribution in [2.75, 3.05) is 25.5 Å². The van der Waals surface area contributed by atoms with Crippen LogP contribution in [-0.2, 0) is 16.0 Å². The minimum atomic E-state index is -0.00839. The molecule has 3 N–H and O–H groups in total. The number of hydrogen-bond donors (Lipinski definition) is 2. The molecule has 0 fully saturated rings. The molecule has 0 atom stereocenters. The van der Waals surface area contributed by atoms with Crippen LogP contribution in [0, 0.1) is 0 Å². The summed E-state index contributed by atoms with van der Waals surface area (Å²) >= 11 is 1.34. The molecule has 0 aliphatic rings. The molecule has 1 heterocycles. The zero-order chi connectivity index (χ0) is 11.8. The molecule has 0 aliphatic heterocycles. The van der Waals surface area contributed by atoms with E-state index in [1.54, 1.807) is 0 Å². The zero-order valence-electron chi connectivity index (χ0n) is 9.23. The molecule has 0 bridgehead atoms. The molecular formula is C9H16N4O2S. The van der Waals surface area contributed by atoms with Crippen LogP contribution in [0.3, 0.4) is 0 Å². The fourth-order valence-corrected chi connectivity index (χ4v) is 1.68. The molecule has 0 aromatic carbocycles. The number of rotatable bonds is 7. The average molecular weight is 244 g/mol. The highest BCUT2D eigenvalue weighted by Gasteiger charge is 2.03. The highest BCUT2D eigenvalue weighted by molar-refractivity contribution is 7.15. The van der Waals surface area contributed by atoms with E-state index in [9.17, 15) is 4.79 Å². The Bertz CT molecular complexity index is 329. The minimum absolute atomic E-state index is 0.00839. The molecule has 16 heavy (non-hydrogen) atoms. The molecule has 7 heteroatoms. The number of nitrogens with zero attached hydrogens (tertiary/aromatic N) is 2. The van der Waals surface area contributed by atoms with E-state index < -0.39 is 0 Å². The van der Waals surface area contributed by atoms with Crippen LogP contribution in [0.2, 0.25) is 0 Å². The van der Waals surface area contributed by atoms with Gasteiger partial charge in [-0.05, 0) is 6.92 Å². The summed E-state index contributed by atoms with van der Waals surface area (Å²) in [6.07, 6.45) is 1.06. The summed E-state index contributed by atoms with van der Waals surface area (Å²) in [6, 6.07) is 0. The quantitative estimate of drug-likeness (QED) is 0.669. The monoisotopic (exact) mass is 244 g/mol. The fourth-order valence-electron chi connectivity index (χ4n) is 1.07. The van der Waals surface area contributed by atoms with Gasteiger partial charge in [-0.2, -0.15) is 0 Å². The van der Waals surface area contributed by atoms with E-state index in [4.69, 9.17) is 10.5 Å². The third-order valence-electron chi connectivity index (χ3n) is 1.82. The predicted octanol–water partition coefficient (Wildman–Crippen LogP) is 0.206. The van der Waals surface area contributed by atoms with Gasteiger partial charge < -0.3 is 15.8 Å². The van der Waals surface area contributed by atoms with Gasteiger partial charge in [0.15, 0.2) is 0 Å². The number of nitrogens with one attached hydrogen (secondary N) is 1. The van der Waals surface area contributed by atoms with Gasteiger partial charge in [-0.15, -0.1) is 10.2 Å². The number of nitrogens with two attached hydrogens (primary N) is 1. The van der Waals surface area contributed by atoms with Gasteiger partial charge in [0.2, 0.25) is 11.0 Å². The number of hydrogen-bond acceptors (Lipinski definition) is 6. The van der Waals surface area contributed by atoms with Gasteiger partial charge in [-0.3, -0.25) is 4.79 Å². The first-order chi connectivity index (χ1) is 7.72. The number of carbonyl (C=O) groups excluding carboxylic acids is 1. The first kappa shape index (κ1) is 12.9. The van der Waals surface area contributed by atoms with Crippen molar-refractivity contribution in [1.29, 1.82) is 0 Å². The van der Waals surface area contributed by atoms with E-state index in [0.29, 0.717) is 37.7 Å². The van der Waals surface area contributed by atoms with E-state index in [1.165, 1.54) is 11.3 Å². The molecule has 0 radical (unpaired) electrons. The van der Waals surface area contributed by atoms with Crippen molar-refractivity contribution >= 4 is 22.4 Å². The van der Waals surface area contributed by atoms with Crippen molar-refractivity contribution in [2.24, 2.45) is 0 Å². The Morgan fingerprint density at radius 1 is 1.56 bits per heavy atom. The largest absolute Gasteiger partial charge is 0.381 e. The maximum Gasteiger partial charge on any atom is 0.222 e. The lowest BCUT2D eigenvalue weighted by atomic mass is 10.4. The standard InChI is InChI=1S/C9H16N4O2S/c1-2-15-6-4-7(14)11-5-3-8-12-13-9(10)16-8/h2-6H2,1H3,(H2,10,13)(H,11,14). The number of carbonyl (C=O) groups is 1. The zero-order valence-corrected chi connectivity index (χ0v) is 10.0. The Morgan fingerprint density at radius 2 is 2.38 bits per heavy atom. The molecule has 1 amide bonds. The molecule has 0 saturated carbocycles. The highest BCUT2D eigenvalue weighted by Crippen LogP contribution is 2.10. The van der Waals surface area contributed by atoms with Gasteiger partial charge in [0, 0.05) is 26.0 Å². The Labute approximate surface area is 98.2 Å². The van der Waals surface area contributed by atoms with Crippen LogP contribution in [0.1, 0.15) is 18.4 Å². The first-order valence-corrected chi connectivity index (χ1v) is 5.96. The number of amides is 1. The molecular weight excluding hydrogens is 228 g/mol. The summed E-state index contributed by atoms with van der Waals surface area (Å²) in [5, 5.41) is 11.6. The van der Waals surface area contributed by atoms with Crippen LogP contribution in [0.25, 0.3) is 0 Å². The van der Waals surface area contributed by atoms with E-state index in [-0.39, 0.29) is 5.91 Å². The highest BCUT2D eigenvalue weighted by atomic mass is 32.1. The van der Waals surface area contributed by atoms with Crippen molar-refractivity contribution in [2.45, 2.75) is 19.8 Å². The van der Waals surface area contributed by atoms with Gasteiger partial charge in [0.25, 0.3) is 0 Å². The minimum Gasteiger partial charge on any atom is -0.381 e. The summed E-state index contributed by atoms with van der Waals surface area (Å²) in [5.74, 6) is -0.00839. The van der Waals surface area contributed by atoms with Crippen LogP contribution in [0.5, 0.6) is 0 Å². The summed E-state index contributed by atoms with van der Waals surface area (Å²) in [7, 11) is 0. The number of aromatic nitrogens is 2. The lowest BCUT2D eigenvalue weighted by Crippen LogP contribution is -2.26. The summed E-state index contributed by atoms with van der Waals surface area (Å²) in [6.45, 7) is 3.56. The van der Waals surface area contributed by atoms with Crippen LogP contribution in [-0.4, -0.2) is 35.9 Å². The van der Waals surface area contributed by atoms with Gasteiger partial charge >= 0.3 is 0 Å². The van der Waals surface area contributed by atoms with Crippen molar-refractivity contribution in [3.63, 3.8) is 0 Å². The second kappa shape index (κ2) is 7.13. The Hall–Kier alpha value is -1.21. The number of ether oxygens (including phenoxy) is 1. The van der Waals surface area contributed by atoms with E-state index >= 15 is 0 Å². The van der Waals surface area contributed by atoms with E-state index in [2.05, 4.69) is 15.5 Å². The molecule has 6 nitrogen and oxygen atoms in total. The van der Waals surface area contributed by atoms with Crippen molar-refractivity contribution < 1.29 is 9.53 Å². The second-order valence-corrected chi connectivity index (χ2v) is 4.17. The van der Waals surface area contributed by atoms with Crippen LogP contribution >= 0.6 is 11.3 Å². The lowest BCUT2D eigenvalue weighted by molar-refractivity contribution is -0.122. The third-order valence-corrected chi connectivity index (χ3v) is 2.63. The van der Waals surface area contributed by atoms with Gasteiger partial charge in [-0.25, -0.2) is 0 Å². The second-order valence-electron chi connectivity index (χ2n) is 3.08. The normalized spacial score (nSPS) is 10.3. The van der Waals surface area contributed by atoms with Gasteiger partial charge in [0.05, 0.1) is 6.61 Å². The Morgan fingerprint density at radius 3 is 3.00 bits per heavy atom. The molecule has 0 spiro atoms. The maximum atomic E-state index is 11.3. The average Bonchev–Trinajstić information content (AvgIpc) is 2.65. The molecule has 0 unspecified atom stereocenters. The SMILES string of the molecule is CCOCCC(=O)NCCc1nnc(N)s1. The van der Waals surface area contributed by atoms with Crippen molar-refractivity contribution in [3.8, 4) is 0 Å². The Kier molecular flexibility index (Phi) is 5.73. The van der Waals surface area contributed by atoms with Crippen LogP contribution in [0.4, 0.5) is 5.13 Å². The van der Waals surface area contributed by atoms with Gasteiger partial charge in [0.1, 0.15) is 5.01 Å². The first-order valence-electron chi connectivity index (χ1n) is 5.14. The smallest absolute Gasteiger partial charge is 0.222 e. The molecule has 90 valence electrons. The summed E-state index contributed by atoms with van der Waals surface area (Å²) in [5.41, 5.74) is 5.43. The molecule has 1 aromatic heterocycles. The fraction of sp³-hybridized carbons (Fsp3) is 0.667. The molecule has 0 aliphatic carbocycles. The van der Waals surface area contributed by atoms with Crippen LogP contribution < -0.4 is 11.1 Å². The Balaban J connectivity index is 2.08. The number of nitrogen functional groups attached to an aromatic ring is 1. The molecule has 1 rings (SSSR count). The lowest BCUT2D eigenvalue weighted by Gasteiger charge is -2.03. The topological polar surface area (TPSA) is 90.1 Å². The van der Waals surface area contributed by atoms with Crippen molar-refractivity contribution in [3.05, 3.63) is 5.01 Å². The van der Waals surface area contributed by atoms with Gasteiger partial charge in [-0.1, -0.05) is 11.3 Å². The number of anilines is 1. The summed E-state index contributed by atoms with van der Waals surface area (Å²) in [4.78, 5) is 11.3. The maximum absolute atomic E-state index is 11.3. The van der Waals surface area contributed by atoms with Crippen molar-refractivity contribution in [1.82, 2.24) is 15.5 Å².